The largest absolute Gasteiger partial charge is 0.394 e. The summed E-state index contributed by atoms with van der Waals surface area (Å²) in [6, 6.07) is 5.06. The van der Waals surface area contributed by atoms with Crippen molar-refractivity contribution in [2.45, 2.75) is 37.6 Å². The van der Waals surface area contributed by atoms with Gasteiger partial charge in [-0.3, -0.25) is 0 Å². The molecule has 0 amide bonds. The summed E-state index contributed by atoms with van der Waals surface area (Å²) in [5.41, 5.74) is 0.165. The first-order valence-corrected chi connectivity index (χ1v) is 7.18. The Hall–Kier alpha value is -1.12. The molecule has 0 radical (unpaired) electrons. The van der Waals surface area contributed by atoms with Crippen LogP contribution in [0.25, 0.3) is 0 Å². The molecule has 1 aliphatic carbocycles. The highest BCUT2D eigenvalue weighted by Gasteiger charge is 2.32. The molecular weight excluding hydrogens is 311 g/mol. The third-order valence-corrected chi connectivity index (χ3v) is 4.49. The monoisotopic (exact) mass is 326 g/mol. The van der Waals surface area contributed by atoms with Crippen LogP contribution < -0.4 is 5.32 Å². The Kier molecular flexibility index (Phi) is 4.43. The molecule has 2 rings (SSSR count). The van der Waals surface area contributed by atoms with E-state index < -0.39 is 11.4 Å². The van der Waals surface area contributed by atoms with Crippen molar-refractivity contribution in [1.82, 2.24) is 0 Å². The predicted molar refractivity (Wildman–Crippen MR) is 75.3 cm³/mol. The summed E-state index contributed by atoms with van der Waals surface area (Å²) in [6.45, 7) is -0.00986. The van der Waals surface area contributed by atoms with E-state index in [-0.39, 0.29) is 16.6 Å². The highest BCUT2D eigenvalue weighted by molar-refractivity contribution is 9.10. The van der Waals surface area contributed by atoms with Gasteiger partial charge in [-0.15, -0.1) is 0 Å². The highest BCUT2D eigenvalue weighted by atomic mass is 79.9. The van der Waals surface area contributed by atoms with Crippen LogP contribution in [0.2, 0.25) is 0 Å². The van der Waals surface area contributed by atoms with Crippen molar-refractivity contribution in [3.63, 3.8) is 0 Å². The minimum Gasteiger partial charge on any atom is -0.394 e. The van der Waals surface area contributed by atoms with Gasteiger partial charge in [-0.05, 0) is 40.9 Å². The molecule has 1 saturated carbocycles. The maximum absolute atomic E-state index is 14.2. The van der Waals surface area contributed by atoms with Gasteiger partial charge >= 0.3 is 0 Å². The summed E-state index contributed by atoms with van der Waals surface area (Å²) < 4.78 is 14.3. The number of anilines is 1. The van der Waals surface area contributed by atoms with Gasteiger partial charge in [0.2, 0.25) is 0 Å². The summed E-state index contributed by atoms with van der Waals surface area (Å²) in [6.07, 6.45) is 4.89. The van der Waals surface area contributed by atoms with Crippen LogP contribution in [0.3, 0.4) is 0 Å². The zero-order chi connectivity index (χ0) is 13.9. The molecular formula is C14H16BrFN2O. The maximum Gasteiger partial charge on any atom is 0.161 e. The topological polar surface area (TPSA) is 56.0 Å². The fraction of sp³-hybridized carbons (Fsp3) is 0.500. The molecule has 0 saturated heterocycles. The van der Waals surface area contributed by atoms with Gasteiger partial charge in [-0.1, -0.05) is 19.3 Å². The van der Waals surface area contributed by atoms with E-state index in [0.29, 0.717) is 5.69 Å². The molecule has 0 aliphatic heterocycles. The molecule has 0 atom stereocenters. The molecule has 5 heteroatoms. The molecule has 102 valence electrons. The lowest BCUT2D eigenvalue weighted by Gasteiger charge is -2.37. The van der Waals surface area contributed by atoms with E-state index in [2.05, 4.69) is 21.2 Å². The fourth-order valence-electron chi connectivity index (χ4n) is 2.57. The Balaban J connectivity index is 2.28. The number of hydrogen-bond acceptors (Lipinski definition) is 3. The second-order valence-electron chi connectivity index (χ2n) is 5.02. The van der Waals surface area contributed by atoms with Gasteiger partial charge in [0.25, 0.3) is 0 Å². The molecule has 0 bridgehead atoms. The second-order valence-corrected chi connectivity index (χ2v) is 5.82. The molecule has 1 aromatic carbocycles. The number of benzene rings is 1. The predicted octanol–water partition coefficient (Wildman–Crippen LogP) is 3.57. The number of nitriles is 1. The molecule has 0 heterocycles. The van der Waals surface area contributed by atoms with Crippen LogP contribution in [0.1, 0.15) is 37.7 Å². The summed E-state index contributed by atoms with van der Waals surface area (Å²) in [7, 11) is 0. The lowest BCUT2D eigenvalue weighted by Crippen LogP contribution is -2.44. The van der Waals surface area contributed by atoms with Crippen molar-refractivity contribution in [2.24, 2.45) is 0 Å². The van der Waals surface area contributed by atoms with Crippen LogP contribution in [0, 0.1) is 17.1 Å². The lowest BCUT2D eigenvalue weighted by atomic mass is 9.82. The van der Waals surface area contributed by atoms with Crippen molar-refractivity contribution >= 4 is 21.6 Å². The van der Waals surface area contributed by atoms with Crippen molar-refractivity contribution in [3.8, 4) is 6.07 Å². The average Bonchev–Trinajstić information content (AvgIpc) is 2.45. The normalized spacial score (nSPS) is 17.8. The Bertz CT molecular complexity index is 507. The quantitative estimate of drug-likeness (QED) is 0.892. The number of hydrogen-bond donors (Lipinski definition) is 2. The minimum atomic E-state index is -0.475. The van der Waals surface area contributed by atoms with E-state index in [1.165, 1.54) is 0 Å². The van der Waals surface area contributed by atoms with Crippen LogP contribution in [-0.4, -0.2) is 17.3 Å². The number of nitrogens with zero attached hydrogens (tertiary/aromatic N) is 1. The molecule has 19 heavy (non-hydrogen) atoms. The summed E-state index contributed by atoms with van der Waals surface area (Å²) in [5.74, 6) is -0.475. The molecule has 1 aromatic rings. The van der Waals surface area contributed by atoms with Gasteiger partial charge in [0.1, 0.15) is 6.07 Å². The fourth-order valence-corrected chi connectivity index (χ4v) is 3.00. The van der Waals surface area contributed by atoms with Crippen LogP contribution in [-0.2, 0) is 0 Å². The van der Waals surface area contributed by atoms with E-state index in [9.17, 15) is 9.50 Å². The molecule has 1 fully saturated rings. The van der Waals surface area contributed by atoms with Gasteiger partial charge in [0.15, 0.2) is 5.82 Å². The minimum absolute atomic E-state index is 0.00986. The summed E-state index contributed by atoms with van der Waals surface area (Å²) in [4.78, 5) is 0. The van der Waals surface area contributed by atoms with Crippen molar-refractivity contribution in [3.05, 3.63) is 28.0 Å². The van der Waals surface area contributed by atoms with E-state index in [0.717, 1.165) is 32.1 Å². The van der Waals surface area contributed by atoms with E-state index in [1.54, 1.807) is 12.1 Å². The molecule has 0 spiro atoms. The Morgan fingerprint density at radius 3 is 2.63 bits per heavy atom. The molecule has 0 aromatic heterocycles. The lowest BCUT2D eigenvalue weighted by molar-refractivity contribution is 0.172. The number of rotatable bonds is 3. The molecule has 1 aliphatic rings. The molecule has 2 N–H and O–H groups in total. The van der Waals surface area contributed by atoms with E-state index >= 15 is 0 Å². The Labute approximate surface area is 120 Å². The summed E-state index contributed by atoms with van der Waals surface area (Å²) >= 11 is 3.10. The number of nitrogens with one attached hydrogen (secondary N) is 1. The van der Waals surface area contributed by atoms with E-state index in [1.807, 2.05) is 6.07 Å². The Morgan fingerprint density at radius 2 is 2.05 bits per heavy atom. The number of halogens is 2. The third kappa shape index (κ3) is 2.90. The SMILES string of the molecule is N#Cc1ccc(NC2(CO)CCCCC2)c(F)c1Br. The number of aliphatic hydroxyl groups excluding tert-OH is 1. The first-order chi connectivity index (χ1) is 9.12. The number of aliphatic hydroxyl groups is 1. The zero-order valence-electron chi connectivity index (χ0n) is 10.5. The summed E-state index contributed by atoms with van der Waals surface area (Å²) in [5, 5.41) is 21.6. The third-order valence-electron chi connectivity index (χ3n) is 3.72. The van der Waals surface area contributed by atoms with Gasteiger partial charge < -0.3 is 10.4 Å². The van der Waals surface area contributed by atoms with Crippen LogP contribution >= 0.6 is 15.9 Å². The van der Waals surface area contributed by atoms with Crippen LogP contribution in [0.15, 0.2) is 16.6 Å². The van der Waals surface area contributed by atoms with Crippen LogP contribution in [0.4, 0.5) is 10.1 Å². The van der Waals surface area contributed by atoms with Gasteiger partial charge in [0, 0.05) is 0 Å². The van der Waals surface area contributed by atoms with Gasteiger partial charge in [0.05, 0.1) is 27.9 Å². The van der Waals surface area contributed by atoms with Crippen molar-refractivity contribution < 1.29 is 9.50 Å². The van der Waals surface area contributed by atoms with E-state index in [4.69, 9.17) is 5.26 Å². The average molecular weight is 327 g/mol. The molecule has 0 unspecified atom stereocenters. The first kappa shape index (κ1) is 14.3. The maximum atomic E-state index is 14.2. The molecule has 3 nitrogen and oxygen atoms in total. The standard InChI is InChI=1S/C14H16BrFN2O/c15-12-10(8-17)4-5-11(13(12)16)18-14(9-19)6-2-1-3-7-14/h4-5,18-19H,1-3,6-7,9H2. The second kappa shape index (κ2) is 5.89. The Morgan fingerprint density at radius 1 is 1.37 bits per heavy atom. The van der Waals surface area contributed by atoms with Gasteiger partial charge in [-0.2, -0.15) is 5.26 Å². The highest BCUT2D eigenvalue weighted by Crippen LogP contribution is 2.34. The van der Waals surface area contributed by atoms with Crippen LogP contribution in [0.5, 0.6) is 0 Å². The smallest absolute Gasteiger partial charge is 0.161 e. The van der Waals surface area contributed by atoms with Gasteiger partial charge in [-0.25, -0.2) is 4.39 Å². The van der Waals surface area contributed by atoms with Crippen molar-refractivity contribution in [1.29, 1.82) is 5.26 Å². The first-order valence-electron chi connectivity index (χ1n) is 6.39. The van der Waals surface area contributed by atoms with Crippen molar-refractivity contribution in [2.75, 3.05) is 11.9 Å². The zero-order valence-corrected chi connectivity index (χ0v) is 12.1.